The van der Waals surface area contributed by atoms with E-state index in [1.54, 1.807) is 0 Å². The Kier molecular flexibility index (Phi) is 2.89. The standard InChI is InChI=1S/C12H22N2O/c1-12(2)7-5-10(6-8-12)14-11(15)13-9-3-4-9/h9-10H,3-8H2,1-2H3,(H2,13,14,15). The Labute approximate surface area is 92.0 Å². The molecular weight excluding hydrogens is 188 g/mol. The van der Waals surface area contributed by atoms with E-state index in [9.17, 15) is 4.79 Å². The van der Waals surface area contributed by atoms with E-state index in [-0.39, 0.29) is 6.03 Å². The number of urea groups is 1. The van der Waals surface area contributed by atoms with Crippen LogP contribution in [0.4, 0.5) is 4.79 Å². The highest BCUT2D eigenvalue weighted by Crippen LogP contribution is 2.34. The Hall–Kier alpha value is -0.730. The van der Waals surface area contributed by atoms with Gasteiger partial charge >= 0.3 is 6.03 Å². The molecule has 2 aliphatic rings. The Morgan fingerprint density at radius 1 is 1.00 bits per heavy atom. The van der Waals surface area contributed by atoms with Crippen LogP contribution in [-0.2, 0) is 0 Å². The second-order valence-corrected chi connectivity index (χ2v) is 5.83. The van der Waals surface area contributed by atoms with Gasteiger partial charge in [0.1, 0.15) is 0 Å². The van der Waals surface area contributed by atoms with Crippen molar-refractivity contribution in [1.29, 1.82) is 0 Å². The first kappa shape index (κ1) is 10.8. The van der Waals surface area contributed by atoms with Gasteiger partial charge in [0.25, 0.3) is 0 Å². The molecule has 2 saturated carbocycles. The number of carbonyl (C=O) groups is 1. The maximum Gasteiger partial charge on any atom is 0.315 e. The van der Waals surface area contributed by atoms with Crippen LogP contribution in [0.3, 0.4) is 0 Å². The molecule has 2 amide bonds. The Morgan fingerprint density at radius 2 is 1.47 bits per heavy atom. The van der Waals surface area contributed by atoms with Gasteiger partial charge in [-0.2, -0.15) is 0 Å². The zero-order chi connectivity index (χ0) is 10.9. The van der Waals surface area contributed by atoms with Crippen LogP contribution in [0.25, 0.3) is 0 Å². The zero-order valence-corrected chi connectivity index (χ0v) is 9.81. The number of rotatable bonds is 2. The van der Waals surface area contributed by atoms with Crippen LogP contribution in [0.15, 0.2) is 0 Å². The van der Waals surface area contributed by atoms with E-state index in [1.807, 2.05) is 0 Å². The molecule has 2 N–H and O–H groups in total. The first-order valence-corrected chi connectivity index (χ1v) is 6.12. The molecule has 0 atom stereocenters. The van der Waals surface area contributed by atoms with Crippen LogP contribution in [-0.4, -0.2) is 18.1 Å². The monoisotopic (exact) mass is 210 g/mol. The third-order valence-corrected chi connectivity index (χ3v) is 3.59. The van der Waals surface area contributed by atoms with Gasteiger partial charge in [-0.15, -0.1) is 0 Å². The number of amides is 2. The van der Waals surface area contributed by atoms with Gasteiger partial charge in [-0.05, 0) is 43.9 Å². The summed E-state index contributed by atoms with van der Waals surface area (Å²) in [7, 11) is 0. The number of carbonyl (C=O) groups excluding carboxylic acids is 1. The first-order valence-electron chi connectivity index (χ1n) is 6.12. The van der Waals surface area contributed by atoms with Crippen molar-refractivity contribution in [3.05, 3.63) is 0 Å². The van der Waals surface area contributed by atoms with Crippen LogP contribution < -0.4 is 10.6 Å². The van der Waals surface area contributed by atoms with E-state index < -0.39 is 0 Å². The number of nitrogens with one attached hydrogen (secondary N) is 2. The molecule has 0 aromatic heterocycles. The maximum absolute atomic E-state index is 11.5. The highest BCUT2D eigenvalue weighted by molar-refractivity contribution is 5.74. The summed E-state index contributed by atoms with van der Waals surface area (Å²) in [5, 5.41) is 6.05. The summed E-state index contributed by atoms with van der Waals surface area (Å²) in [5.74, 6) is 0. The molecule has 0 radical (unpaired) electrons. The maximum atomic E-state index is 11.5. The van der Waals surface area contributed by atoms with Crippen molar-refractivity contribution in [3.63, 3.8) is 0 Å². The average Bonchev–Trinajstić information content (AvgIpc) is 2.92. The van der Waals surface area contributed by atoms with Crippen molar-refractivity contribution < 1.29 is 4.79 Å². The van der Waals surface area contributed by atoms with Crippen molar-refractivity contribution in [2.24, 2.45) is 5.41 Å². The summed E-state index contributed by atoms with van der Waals surface area (Å²) in [4.78, 5) is 11.5. The SMILES string of the molecule is CC1(C)CCC(NC(=O)NC2CC2)CC1. The molecule has 0 spiro atoms. The molecule has 0 aromatic rings. The molecule has 0 bridgehead atoms. The van der Waals surface area contributed by atoms with Crippen molar-refractivity contribution in [3.8, 4) is 0 Å². The molecule has 0 heterocycles. The van der Waals surface area contributed by atoms with Crippen LogP contribution in [0, 0.1) is 5.41 Å². The van der Waals surface area contributed by atoms with Gasteiger partial charge in [0.05, 0.1) is 0 Å². The van der Waals surface area contributed by atoms with Crippen LogP contribution in [0.2, 0.25) is 0 Å². The van der Waals surface area contributed by atoms with Gasteiger partial charge < -0.3 is 10.6 Å². The topological polar surface area (TPSA) is 41.1 Å². The van der Waals surface area contributed by atoms with Gasteiger partial charge in [-0.1, -0.05) is 13.8 Å². The predicted molar refractivity (Wildman–Crippen MR) is 60.7 cm³/mol. The lowest BCUT2D eigenvalue weighted by molar-refractivity contribution is 0.197. The molecule has 2 rings (SSSR count). The molecule has 2 fully saturated rings. The molecule has 15 heavy (non-hydrogen) atoms. The summed E-state index contributed by atoms with van der Waals surface area (Å²) < 4.78 is 0. The quantitative estimate of drug-likeness (QED) is 0.722. The average molecular weight is 210 g/mol. The molecule has 0 aromatic carbocycles. The van der Waals surface area contributed by atoms with Crippen LogP contribution in [0.1, 0.15) is 52.4 Å². The fourth-order valence-electron chi connectivity index (χ4n) is 2.18. The minimum Gasteiger partial charge on any atom is -0.335 e. The Balaban J connectivity index is 1.69. The fourth-order valence-corrected chi connectivity index (χ4v) is 2.18. The van der Waals surface area contributed by atoms with Gasteiger partial charge in [0.15, 0.2) is 0 Å². The highest BCUT2D eigenvalue weighted by Gasteiger charge is 2.29. The summed E-state index contributed by atoms with van der Waals surface area (Å²) in [6.07, 6.45) is 7.02. The van der Waals surface area contributed by atoms with E-state index in [0.717, 1.165) is 25.7 Å². The summed E-state index contributed by atoms with van der Waals surface area (Å²) >= 11 is 0. The Morgan fingerprint density at radius 3 is 1.93 bits per heavy atom. The van der Waals surface area contributed by atoms with Crippen LogP contribution in [0.5, 0.6) is 0 Å². The lowest BCUT2D eigenvalue weighted by Crippen LogP contribution is -2.45. The third-order valence-electron chi connectivity index (χ3n) is 3.59. The predicted octanol–water partition coefficient (Wildman–Crippen LogP) is 2.42. The fraction of sp³-hybridized carbons (Fsp3) is 0.917. The van der Waals surface area contributed by atoms with E-state index in [0.29, 0.717) is 17.5 Å². The summed E-state index contributed by atoms with van der Waals surface area (Å²) in [5.41, 5.74) is 0.477. The number of hydrogen-bond donors (Lipinski definition) is 2. The minimum absolute atomic E-state index is 0.0437. The van der Waals surface area contributed by atoms with Gasteiger partial charge in [0, 0.05) is 12.1 Å². The van der Waals surface area contributed by atoms with Gasteiger partial charge in [-0.25, -0.2) is 4.79 Å². The Bertz CT molecular complexity index is 236. The van der Waals surface area contributed by atoms with Crippen molar-refractivity contribution in [2.75, 3.05) is 0 Å². The largest absolute Gasteiger partial charge is 0.335 e. The second kappa shape index (κ2) is 4.03. The molecule has 0 aliphatic heterocycles. The molecule has 2 aliphatic carbocycles. The second-order valence-electron chi connectivity index (χ2n) is 5.83. The molecule has 86 valence electrons. The number of hydrogen-bond acceptors (Lipinski definition) is 1. The summed E-state index contributed by atoms with van der Waals surface area (Å²) in [6.45, 7) is 4.63. The van der Waals surface area contributed by atoms with E-state index in [2.05, 4.69) is 24.5 Å². The van der Waals surface area contributed by atoms with E-state index in [1.165, 1.54) is 12.8 Å². The highest BCUT2D eigenvalue weighted by atomic mass is 16.2. The summed E-state index contributed by atoms with van der Waals surface area (Å²) in [6, 6.07) is 0.906. The molecular formula is C12H22N2O. The molecule has 3 heteroatoms. The molecule has 0 saturated heterocycles. The molecule has 3 nitrogen and oxygen atoms in total. The normalized spacial score (nSPS) is 26.0. The molecule has 0 unspecified atom stereocenters. The lowest BCUT2D eigenvalue weighted by atomic mass is 9.76. The van der Waals surface area contributed by atoms with Crippen molar-refractivity contribution in [2.45, 2.75) is 64.5 Å². The minimum atomic E-state index is 0.0437. The first-order chi connectivity index (χ1) is 7.05. The smallest absolute Gasteiger partial charge is 0.315 e. The van der Waals surface area contributed by atoms with Crippen molar-refractivity contribution >= 4 is 6.03 Å². The lowest BCUT2D eigenvalue weighted by Gasteiger charge is -2.34. The van der Waals surface area contributed by atoms with E-state index >= 15 is 0 Å². The zero-order valence-electron chi connectivity index (χ0n) is 9.81. The van der Waals surface area contributed by atoms with Crippen LogP contribution >= 0.6 is 0 Å². The van der Waals surface area contributed by atoms with Gasteiger partial charge in [-0.3, -0.25) is 0 Å². The van der Waals surface area contributed by atoms with Gasteiger partial charge in [0.2, 0.25) is 0 Å². The van der Waals surface area contributed by atoms with E-state index in [4.69, 9.17) is 0 Å². The van der Waals surface area contributed by atoms with Crippen molar-refractivity contribution in [1.82, 2.24) is 10.6 Å². The third kappa shape index (κ3) is 3.40.